The molecule has 1 amide bonds. The molecular weight excluding hydrogens is 449 g/mol. The zero-order valence-electron chi connectivity index (χ0n) is 20.9. The second kappa shape index (κ2) is 21.1. The van der Waals surface area contributed by atoms with E-state index in [1.54, 1.807) is 0 Å². The minimum Gasteiger partial charge on any atom is -0.342 e. The van der Waals surface area contributed by atoms with Crippen molar-refractivity contribution < 1.29 is 42.3 Å². The fraction of sp³-hybridized carbons (Fsp3) is 0.880. The van der Waals surface area contributed by atoms with Crippen molar-refractivity contribution in [1.29, 1.82) is 0 Å². The van der Waals surface area contributed by atoms with Crippen LogP contribution in [0.4, 0.5) is 0 Å². The zero-order chi connectivity index (χ0) is 22.1. The maximum atomic E-state index is 12.7. The van der Waals surface area contributed by atoms with Crippen LogP contribution in [0.2, 0.25) is 0 Å². The number of aldehydes is 1. The molecule has 175 valence electrons. The Labute approximate surface area is 213 Å². The van der Waals surface area contributed by atoms with Crippen LogP contribution in [0.15, 0.2) is 0 Å². The summed E-state index contributed by atoms with van der Waals surface area (Å²) in [5.74, 6) is 1.51. The smallest absolute Gasteiger partial charge is 0.225 e. The Balaban J connectivity index is 0. The molecule has 0 unspecified atom stereocenters. The van der Waals surface area contributed by atoms with Crippen molar-refractivity contribution in [3.63, 3.8) is 0 Å². The van der Waals surface area contributed by atoms with Gasteiger partial charge in [-0.25, -0.2) is 0 Å². The van der Waals surface area contributed by atoms with Gasteiger partial charge in [-0.1, -0.05) is 41.5 Å². The molecule has 0 spiro atoms. The number of amides is 1. The van der Waals surface area contributed by atoms with E-state index in [9.17, 15) is 9.59 Å². The molecule has 4 nitrogen and oxygen atoms in total. The molecule has 30 heavy (non-hydrogen) atoms. The van der Waals surface area contributed by atoms with Gasteiger partial charge in [0.05, 0.1) is 0 Å². The predicted octanol–water partition coefficient (Wildman–Crippen LogP) is 5.61. The first-order valence-electron chi connectivity index (χ1n) is 12.5. The number of rotatable bonds is 4. The average Bonchev–Trinajstić information content (AvgIpc) is 2.84. The van der Waals surface area contributed by atoms with E-state index in [-0.39, 0.29) is 44.5 Å². The van der Waals surface area contributed by atoms with Crippen molar-refractivity contribution in [2.24, 2.45) is 17.8 Å². The van der Waals surface area contributed by atoms with Crippen molar-refractivity contribution in [3.05, 3.63) is 6.42 Å². The molecule has 5 heteroatoms. The Kier molecular flexibility index (Phi) is 22.7. The molecule has 0 aromatic carbocycles. The largest absolute Gasteiger partial charge is 0.342 e. The Bertz CT molecular complexity index is 398. The Morgan fingerprint density at radius 3 is 1.80 bits per heavy atom. The van der Waals surface area contributed by atoms with Gasteiger partial charge in [0, 0.05) is 64.2 Å². The summed E-state index contributed by atoms with van der Waals surface area (Å²) in [4.78, 5) is 28.2. The third-order valence-electron chi connectivity index (χ3n) is 6.06. The van der Waals surface area contributed by atoms with Crippen LogP contribution in [0, 0.1) is 24.2 Å². The number of hydrogen-bond acceptors (Lipinski definition) is 3. The molecule has 0 N–H and O–H groups in total. The monoisotopic (exact) mass is 498 g/mol. The number of carbonyl (C=O) groups excluding carboxylic acids is 2. The molecule has 2 heterocycles. The van der Waals surface area contributed by atoms with Gasteiger partial charge in [0.2, 0.25) is 5.91 Å². The molecule has 0 aromatic rings. The molecule has 0 atom stereocenters. The Hall–Kier alpha value is 0.204. The quantitative estimate of drug-likeness (QED) is 0.374. The van der Waals surface area contributed by atoms with Gasteiger partial charge in [0.25, 0.3) is 0 Å². The number of likely N-dealkylation sites (tertiary alicyclic amines) is 2. The first kappa shape index (κ1) is 32.4. The minimum atomic E-state index is 0. The van der Waals surface area contributed by atoms with E-state index < -0.39 is 0 Å². The van der Waals surface area contributed by atoms with E-state index in [1.165, 1.54) is 32.5 Å². The van der Waals surface area contributed by atoms with E-state index in [2.05, 4.69) is 16.2 Å². The summed E-state index contributed by atoms with van der Waals surface area (Å²) in [5.41, 5.74) is 0. The minimum absolute atomic E-state index is 0. The fourth-order valence-electron chi connectivity index (χ4n) is 4.45. The molecule has 0 aromatic heterocycles. The van der Waals surface area contributed by atoms with Crippen molar-refractivity contribution in [2.45, 2.75) is 92.9 Å². The van der Waals surface area contributed by atoms with E-state index in [4.69, 9.17) is 0 Å². The maximum Gasteiger partial charge on any atom is 0.225 e. The predicted molar refractivity (Wildman–Crippen MR) is 125 cm³/mol. The topological polar surface area (TPSA) is 40.6 Å². The molecule has 2 saturated heterocycles. The van der Waals surface area contributed by atoms with Crippen molar-refractivity contribution in [2.75, 3.05) is 32.7 Å². The molecule has 3 aliphatic rings. The summed E-state index contributed by atoms with van der Waals surface area (Å²) < 4.78 is 0. The first-order valence-corrected chi connectivity index (χ1v) is 12.5. The summed E-state index contributed by atoms with van der Waals surface area (Å²) in [7, 11) is 0. The third kappa shape index (κ3) is 11.7. The van der Waals surface area contributed by atoms with Crippen molar-refractivity contribution in [1.82, 2.24) is 9.80 Å². The molecule has 1 radical (unpaired) electrons. The third-order valence-corrected chi connectivity index (χ3v) is 6.06. The molecular formula is C25H49N2O2Y-. The van der Waals surface area contributed by atoms with Crippen LogP contribution in [0.5, 0.6) is 0 Å². The van der Waals surface area contributed by atoms with Crippen LogP contribution in [-0.4, -0.2) is 54.7 Å². The summed E-state index contributed by atoms with van der Waals surface area (Å²) in [6.45, 7) is 17.5. The first-order chi connectivity index (χ1) is 14.3. The number of carbonyl (C=O) groups is 2. The molecule has 3 fully saturated rings. The molecule has 2 aliphatic heterocycles. The van der Waals surface area contributed by atoms with Crippen molar-refractivity contribution in [3.8, 4) is 0 Å². The molecule has 0 bridgehead atoms. The summed E-state index contributed by atoms with van der Waals surface area (Å²) in [6.07, 6.45) is 11.9. The van der Waals surface area contributed by atoms with Gasteiger partial charge in [-0.05, 0) is 57.5 Å². The van der Waals surface area contributed by atoms with Crippen LogP contribution < -0.4 is 0 Å². The van der Waals surface area contributed by atoms with Gasteiger partial charge < -0.3 is 21.0 Å². The fourth-order valence-corrected chi connectivity index (χ4v) is 4.45. The molecule has 3 rings (SSSR count). The normalized spacial score (nSPS) is 24.4. The van der Waals surface area contributed by atoms with Crippen LogP contribution in [0.25, 0.3) is 0 Å². The average molecular weight is 499 g/mol. The molecule has 1 saturated carbocycles. The standard InChI is InChI=1S/C19H31N2O2.3C2H6.Y/c22-15-17-4-6-18(7-5-17)19(23)21-12-8-16(9-13-21)14-20-10-2-1-3-11-20;3*1-2;/h1,15-18H,2-14H2;3*1-2H3;/q-1;;;;. The Morgan fingerprint density at radius 2 is 1.33 bits per heavy atom. The van der Waals surface area contributed by atoms with E-state index in [0.717, 1.165) is 63.8 Å². The van der Waals surface area contributed by atoms with Gasteiger partial charge in [0.1, 0.15) is 6.29 Å². The van der Waals surface area contributed by atoms with Crippen LogP contribution in [0.1, 0.15) is 92.9 Å². The molecule has 1 aliphatic carbocycles. The van der Waals surface area contributed by atoms with Gasteiger partial charge in [0.15, 0.2) is 0 Å². The summed E-state index contributed by atoms with van der Waals surface area (Å²) in [5, 5.41) is 0. The van der Waals surface area contributed by atoms with Crippen LogP contribution >= 0.6 is 0 Å². The number of piperidine rings is 2. The Morgan fingerprint density at radius 1 is 0.833 bits per heavy atom. The van der Waals surface area contributed by atoms with Crippen LogP contribution in [0.3, 0.4) is 0 Å². The van der Waals surface area contributed by atoms with Gasteiger partial charge >= 0.3 is 0 Å². The van der Waals surface area contributed by atoms with Gasteiger partial charge in [-0.2, -0.15) is 12.8 Å². The van der Waals surface area contributed by atoms with E-state index >= 15 is 0 Å². The van der Waals surface area contributed by atoms with Gasteiger partial charge in [-0.3, -0.25) is 4.79 Å². The second-order valence-corrected chi connectivity index (χ2v) is 7.68. The van der Waals surface area contributed by atoms with E-state index in [1.807, 2.05) is 41.5 Å². The van der Waals surface area contributed by atoms with Crippen LogP contribution in [-0.2, 0) is 42.3 Å². The summed E-state index contributed by atoms with van der Waals surface area (Å²) in [6, 6.07) is 0. The second-order valence-electron chi connectivity index (χ2n) is 7.68. The van der Waals surface area contributed by atoms with Gasteiger partial charge in [-0.15, -0.1) is 0 Å². The van der Waals surface area contributed by atoms with Crippen molar-refractivity contribution >= 4 is 12.2 Å². The number of nitrogens with zero attached hydrogens (tertiary/aromatic N) is 2. The number of hydrogen-bond donors (Lipinski definition) is 0. The maximum absolute atomic E-state index is 12.7. The summed E-state index contributed by atoms with van der Waals surface area (Å²) >= 11 is 0. The van der Waals surface area contributed by atoms with E-state index in [0.29, 0.717) is 5.91 Å². The SMILES string of the molecule is CC.CC.CC.O=CC1CCC(C(=O)N2CCC(CN3CC[CH-]CC3)CC2)CC1.[Y]. The zero-order valence-corrected chi connectivity index (χ0v) is 23.7.